The molecule has 154 valence electrons. The van der Waals surface area contributed by atoms with Gasteiger partial charge in [0.1, 0.15) is 23.1 Å². The minimum absolute atomic E-state index is 0.424. The number of aromatic nitrogens is 2. The van der Waals surface area contributed by atoms with E-state index in [-0.39, 0.29) is 0 Å². The summed E-state index contributed by atoms with van der Waals surface area (Å²) in [5.74, 6) is 1.34. The van der Waals surface area contributed by atoms with E-state index >= 15 is 0 Å². The predicted octanol–water partition coefficient (Wildman–Crippen LogP) is 7.36. The number of benzene rings is 3. The van der Waals surface area contributed by atoms with Gasteiger partial charge in [0.15, 0.2) is 0 Å². The highest BCUT2D eigenvalue weighted by molar-refractivity contribution is 9.11. The van der Waals surface area contributed by atoms with Gasteiger partial charge in [-0.1, -0.05) is 70.0 Å². The smallest absolute Gasteiger partial charge is 0.231 e. The van der Waals surface area contributed by atoms with Crippen molar-refractivity contribution in [2.24, 2.45) is 0 Å². The molecule has 0 bridgehead atoms. The molecule has 0 aliphatic carbocycles. The molecule has 4 rings (SSSR count). The average molecular weight is 551 g/mol. The molecular formula is C23H19Br2ClN2O2. The number of halogens is 3. The maximum Gasteiger partial charge on any atom is 0.231 e. The molecule has 4 nitrogen and oxygen atoms in total. The lowest BCUT2D eigenvalue weighted by Crippen LogP contribution is -2.12. The molecule has 0 atom stereocenters. The van der Waals surface area contributed by atoms with E-state index in [0.717, 1.165) is 31.0 Å². The normalized spacial score (nSPS) is 11.1. The Hall–Kier alpha value is -2.02. The van der Waals surface area contributed by atoms with Gasteiger partial charge in [-0.25, -0.2) is 4.68 Å². The van der Waals surface area contributed by atoms with Gasteiger partial charge in [0.05, 0.1) is 17.6 Å². The number of fused-ring (bicyclic) bond motifs is 1. The monoisotopic (exact) mass is 548 g/mol. The van der Waals surface area contributed by atoms with Crippen molar-refractivity contribution in [2.45, 2.75) is 13.5 Å². The van der Waals surface area contributed by atoms with Crippen LogP contribution in [0.3, 0.4) is 0 Å². The number of hydrogen-bond donors (Lipinski definition) is 0. The van der Waals surface area contributed by atoms with Crippen LogP contribution < -0.4 is 9.47 Å². The summed E-state index contributed by atoms with van der Waals surface area (Å²) in [7, 11) is 0. The van der Waals surface area contributed by atoms with E-state index in [1.807, 2.05) is 55.5 Å². The Balaban J connectivity index is 1.54. The van der Waals surface area contributed by atoms with Crippen LogP contribution in [-0.4, -0.2) is 23.0 Å². The van der Waals surface area contributed by atoms with Crippen molar-refractivity contribution in [1.82, 2.24) is 9.78 Å². The van der Waals surface area contributed by atoms with Crippen LogP contribution in [0.4, 0.5) is 0 Å². The van der Waals surface area contributed by atoms with Gasteiger partial charge in [-0.05, 0) is 51.8 Å². The highest BCUT2D eigenvalue weighted by Crippen LogP contribution is 2.36. The predicted molar refractivity (Wildman–Crippen MR) is 129 cm³/mol. The highest BCUT2D eigenvalue weighted by atomic mass is 79.9. The van der Waals surface area contributed by atoms with Crippen molar-refractivity contribution >= 4 is 54.2 Å². The molecule has 0 unspecified atom stereocenters. The van der Waals surface area contributed by atoms with Crippen molar-refractivity contribution in [3.8, 4) is 22.9 Å². The fraction of sp³-hybridized carbons (Fsp3) is 0.174. The molecule has 0 saturated heterocycles. The van der Waals surface area contributed by atoms with Crippen LogP contribution in [0, 0.1) is 0 Å². The maximum atomic E-state index is 6.58. The van der Waals surface area contributed by atoms with Crippen molar-refractivity contribution in [3.63, 3.8) is 0 Å². The Morgan fingerprint density at radius 3 is 2.57 bits per heavy atom. The Labute approximate surface area is 197 Å². The van der Waals surface area contributed by atoms with E-state index in [9.17, 15) is 0 Å². The maximum absolute atomic E-state index is 6.58. The number of hydrogen-bond acceptors (Lipinski definition) is 3. The van der Waals surface area contributed by atoms with Crippen LogP contribution in [-0.2, 0) is 6.54 Å². The van der Waals surface area contributed by atoms with E-state index < -0.39 is 0 Å². The Morgan fingerprint density at radius 2 is 1.80 bits per heavy atom. The van der Waals surface area contributed by atoms with Crippen LogP contribution >= 0.6 is 43.5 Å². The second-order valence-corrected chi connectivity index (χ2v) is 8.67. The third kappa shape index (κ3) is 4.36. The quantitative estimate of drug-likeness (QED) is 0.241. The molecule has 4 aromatic rings. The first-order valence-electron chi connectivity index (χ1n) is 9.53. The highest BCUT2D eigenvalue weighted by Gasteiger charge is 2.19. The lowest BCUT2D eigenvalue weighted by atomic mass is 10.1. The Morgan fingerprint density at radius 1 is 1.00 bits per heavy atom. The fourth-order valence-corrected chi connectivity index (χ4v) is 4.51. The zero-order chi connectivity index (χ0) is 21.1. The van der Waals surface area contributed by atoms with Crippen LogP contribution in [0.5, 0.6) is 11.6 Å². The molecule has 1 heterocycles. The molecule has 0 spiro atoms. The summed E-state index contributed by atoms with van der Waals surface area (Å²) in [5, 5.41) is 7.42. The van der Waals surface area contributed by atoms with E-state index in [4.69, 9.17) is 21.1 Å². The summed E-state index contributed by atoms with van der Waals surface area (Å²) < 4.78 is 15.6. The molecule has 0 N–H and O–H groups in total. The Kier molecular flexibility index (Phi) is 6.66. The largest absolute Gasteiger partial charge is 0.490 e. The van der Waals surface area contributed by atoms with Crippen LogP contribution in [0.25, 0.3) is 22.0 Å². The molecule has 30 heavy (non-hydrogen) atoms. The summed E-state index contributed by atoms with van der Waals surface area (Å²) in [6, 6.07) is 20.0. The van der Waals surface area contributed by atoms with Crippen LogP contribution in [0.15, 0.2) is 69.6 Å². The molecule has 7 heteroatoms. The lowest BCUT2D eigenvalue weighted by Gasteiger charge is -2.12. The standard InChI is InChI=1S/C23H19Br2ClN2O2/c1-2-29-23-21(26)22(15-6-4-3-5-7-15)27-28(23)12-13-30-19-11-8-16-14-17(24)9-10-18(16)20(19)25/h3-11,14H,2,12-13H2,1H3. The second kappa shape index (κ2) is 9.41. The first-order valence-corrected chi connectivity index (χ1v) is 11.5. The van der Waals surface area contributed by atoms with Gasteiger partial charge in [-0.2, -0.15) is 5.10 Å². The third-order valence-corrected chi connectivity index (χ3v) is 6.27. The topological polar surface area (TPSA) is 36.3 Å². The first kappa shape index (κ1) is 21.2. The average Bonchev–Trinajstić information content (AvgIpc) is 3.06. The van der Waals surface area contributed by atoms with Gasteiger partial charge in [0, 0.05) is 10.0 Å². The molecule has 3 aromatic carbocycles. The minimum atomic E-state index is 0.424. The molecule has 1 aromatic heterocycles. The van der Waals surface area contributed by atoms with Gasteiger partial charge in [-0.3, -0.25) is 0 Å². The van der Waals surface area contributed by atoms with Crippen molar-refractivity contribution in [1.29, 1.82) is 0 Å². The molecule has 0 saturated carbocycles. The lowest BCUT2D eigenvalue weighted by molar-refractivity contribution is 0.259. The van der Waals surface area contributed by atoms with Crippen LogP contribution in [0.1, 0.15) is 6.92 Å². The van der Waals surface area contributed by atoms with Gasteiger partial charge >= 0.3 is 0 Å². The number of ether oxygens (including phenoxy) is 2. The van der Waals surface area contributed by atoms with Gasteiger partial charge < -0.3 is 9.47 Å². The van der Waals surface area contributed by atoms with E-state index in [2.05, 4.69) is 49.1 Å². The van der Waals surface area contributed by atoms with E-state index in [1.54, 1.807) is 4.68 Å². The summed E-state index contributed by atoms with van der Waals surface area (Å²) in [6.07, 6.45) is 0. The van der Waals surface area contributed by atoms with E-state index in [1.165, 1.54) is 0 Å². The van der Waals surface area contributed by atoms with Gasteiger partial charge in [0.2, 0.25) is 5.88 Å². The SMILES string of the molecule is CCOc1c(Cl)c(-c2ccccc2)nn1CCOc1ccc2cc(Br)ccc2c1Br. The van der Waals surface area contributed by atoms with Gasteiger partial charge in [0.25, 0.3) is 0 Å². The minimum Gasteiger partial charge on any atom is -0.490 e. The summed E-state index contributed by atoms with van der Waals surface area (Å²) in [6.45, 7) is 3.36. The number of rotatable bonds is 7. The number of nitrogens with zero attached hydrogens (tertiary/aromatic N) is 2. The van der Waals surface area contributed by atoms with Crippen molar-refractivity contribution < 1.29 is 9.47 Å². The fourth-order valence-electron chi connectivity index (χ4n) is 3.23. The molecular weight excluding hydrogens is 532 g/mol. The molecule has 0 amide bonds. The van der Waals surface area contributed by atoms with Crippen LogP contribution in [0.2, 0.25) is 5.02 Å². The molecule has 0 aliphatic rings. The zero-order valence-electron chi connectivity index (χ0n) is 16.2. The summed E-state index contributed by atoms with van der Waals surface area (Å²) in [5.41, 5.74) is 1.66. The molecule has 0 aliphatic heterocycles. The second-order valence-electron chi connectivity index (χ2n) is 6.58. The Bertz CT molecular complexity index is 1180. The third-order valence-electron chi connectivity index (χ3n) is 4.62. The summed E-state index contributed by atoms with van der Waals surface area (Å²) in [4.78, 5) is 0. The molecule has 0 radical (unpaired) electrons. The first-order chi connectivity index (χ1) is 14.6. The molecule has 0 fully saturated rings. The van der Waals surface area contributed by atoms with Crippen molar-refractivity contribution in [3.05, 3.63) is 74.6 Å². The zero-order valence-corrected chi connectivity index (χ0v) is 20.2. The van der Waals surface area contributed by atoms with E-state index in [0.29, 0.717) is 36.4 Å². The van der Waals surface area contributed by atoms with Gasteiger partial charge in [-0.15, -0.1) is 0 Å². The van der Waals surface area contributed by atoms with Crippen molar-refractivity contribution in [2.75, 3.05) is 13.2 Å². The summed E-state index contributed by atoms with van der Waals surface area (Å²) >= 11 is 13.8.